The zero-order valence-corrected chi connectivity index (χ0v) is 15.7. The lowest BCUT2D eigenvalue weighted by atomic mass is 9.99. The van der Waals surface area contributed by atoms with E-state index in [0.717, 1.165) is 18.4 Å². The van der Waals surface area contributed by atoms with Crippen LogP contribution < -0.4 is 10.5 Å². The third-order valence-electron chi connectivity index (χ3n) is 4.94. The molecule has 0 spiro atoms. The minimum Gasteiger partial charge on any atom is -0.463 e. The average Bonchev–Trinajstić information content (AvgIpc) is 3.03. The summed E-state index contributed by atoms with van der Waals surface area (Å²) in [5.41, 5.74) is 2.10. The molecule has 0 radical (unpaired) electrons. The van der Waals surface area contributed by atoms with Crippen LogP contribution in [0.4, 0.5) is 0 Å². The number of rotatable bonds is 5. The van der Waals surface area contributed by atoms with Gasteiger partial charge in [-0.3, -0.25) is 9.36 Å². The first-order valence-corrected chi connectivity index (χ1v) is 9.38. The fraction of sp³-hybridized carbons (Fsp3) is 0.400. The number of fused-ring (bicyclic) bond motifs is 1. The fourth-order valence-corrected chi connectivity index (χ4v) is 3.47. The first-order valence-electron chi connectivity index (χ1n) is 9.38. The Kier molecular flexibility index (Phi) is 5.10. The number of ether oxygens (including phenoxy) is 1. The minimum absolute atomic E-state index is 0.0233. The van der Waals surface area contributed by atoms with Crippen LogP contribution in [0.2, 0.25) is 0 Å². The quantitative estimate of drug-likeness (QED) is 0.670. The Morgan fingerprint density at radius 3 is 2.89 bits per heavy atom. The highest BCUT2D eigenvalue weighted by Gasteiger charge is 2.25. The molecule has 2 aromatic heterocycles. The van der Waals surface area contributed by atoms with Crippen molar-refractivity contribution < 1.29 is 13.9 Å². The number of aryl methyl sites for hydroxylation is 1. The molecule has 8 nitrogen and oxygen atoms in total. The van der Waals surface area contributed by atoms with Crippen LogP contribution in [0.15, 0.2) is 45.9 Å². The topological polar surface area (TPSA) is 90.5 Å². The Morgan fingerprint density at radius 1 is 1.29 bits per heavy atom. The van der Waals surface area contributed by atoms with Crippen LogP contribution in [0, 0.1) is 12.8 Å². The van der Waals surface area contributed by atoms with E-state index in [-0.39, 0.29) is 18.4 Å². The van der Waals surface area contributed by atoms with Crippen LogP contribution in [-0.4, -0.2) is 45.0 Å². The van der Waals surface area contributed by atoms with Gasteiger partial charge in [-0.1, -0.05) is 12.1 Å². The van der Waals surface area contributed by atoms with E-state index in [4.69, 9.17) is 9.15 Å². The summed E-state index contributed by atoms with van der Waals surface area (Å²) >= 11 is 0. The highest BCUT2D eigenvalue weighted by Crippen LogP contribution is 2.19. The van der Waals surface area contributed by atoms with E-state index in [0.29, 0.717) is 36.8 Å². The lowest BCUT2D eigenvalue weighted by Gasteiger charge is -2.32. The van der Waals surface area contributed by atoms with Gasteiger partial charge in [0.25, 0.3) is 0 Å². The van der Waals surface area contributed by atoms with Crippen molar-refractivity contribution in [1.82, 2.24) is 19.4 Å². The van der Waals surface area contributed by atoms with E-state index in [9.17, 15) is 9.59 Å². The second-order valence-corrected chi connectivity index (χ2v) is 7.12. The number of hydrogen-bond acceptors (Lipinski definition) is 6. The van der Waals surface area contributed by atoms with Gasteiger partial charge in [0.05, 0.1) is 12.1 Å². The predicted molar refractivity (Wildman–Crippen MR) is 102 cm³/mol. The van der Waals surface area contributed by atoms with E-state index in [1.165, 1.54) is 4.57 Å². The molecule has 146 valence electrons. The third kappa shape index (κ3) is 3.90. The number of oxazole rings is 1. The molecule has 3 aromatic rings. The second-order valence-electron chi connectivity index (χ2n) is 7.12. The van der Waals surface area contributed by atoms with E-state index in [1.54, 1.807) is 35.5 Å². The summed E-state index contributed by atoms with van der Waals surface area (Å²) in [6.07, 6.45) is 5.30. The van der Waals surface area contributed by atoms with E-state index in [2.05, 4.69) is 9.97 Å². The maximum Gasteiger partial charge on any atom is 0.420 e. The standard InChI is InChI=1S/C20H22N4O4/c1-14-9-21-19(22-10-14)27-13-15-5-4-8-23(11-15)18(25)12-24-16-6-2-3-7-17(16)28-20(24)26/h2-3,6-7,9-10,15H,4-5,8,11-13H2,1H3. The third-order valence-corrected chi connectivity index (χ3v) is 4.94. The van der Waals surface area contributed by atoms with Gasteiger partial charge < -0.3 is 14.1 Å². The molecule has 1 atom stereocenters. The summed E-state index contributed by atoms with van der Waals surface area (Å²) < 4.78 is 12.3. The van der Waals surface area contributed by atoms with Crippen molar-refractivity contribution in [1.29, 1.82) is 0 Å². The van der Waals surface area contributed by atoms with Gasteiger partial charge in [-0.25, -0.2) is 14.8 Å². The molecular weight excluding hydrogens is 360 g/mol. The number of hydrogen-bond donors (Lipinski definition) is 0. The van der Waals surface area contributed by atoms with Crippen LogP contribution in [0.25, 0.3) is 11.1 Å². The van der Waals surface area contributed by atoms with Gasteiger partial charge in [0.15, 0.2) is 5.58 Å². The summed E-state index contributed by atoms with van der Waals surface area (Å²) in [6, 6.07) is 7.47. The zero-order valence-electron chi connectivity index (χ0n) is 15.7. The number of nitrogens with zero attached hydrogens (tertiary/aromatic N) is 4. The SMILES string of the molecule is Cc1cnc(OCC2CCCN(C(=O)Cn3c(=O)oc4ccccc43)C2)nc1. The van der Waals surface area contributed by atoms with Gasteiger partial charge in [0.2, 0.25) is 5.91 Å². The number of benzene rings is 1. The van der Waals surface area contributed by atoms with Gasteiger partial charge in [-0.2, -0.15) is 0 Å². The molecule has 3 heterocycles. The Balaban J connectivity index is 1.38. The summed E-state index contributed by atoms with van der Waals surface area (Å²) in [4.78, 5) is 35.0. The molecule has 1 amide bonds. The zero-order chi connectivity index (χ0) is 19.5. The van der Waals surface area contributed by atoms with E-state index < -0.39 is 5.76 Å². The number of para-hydroxylation sites is 2. The molecule has 1 saturated heterocycles. The predicted octanol–water partition coefficient (Wildman–Crippen LogP) is 2.01. The van der Waals surface area contributed by atoms with Crippen molar-refractivity contribution in [2.75, 3.05) is 19.7 Å². The number of aromatic nitrogens is 3. The Labute approximate surface area is 161 Å². The van der Waals surface area contributed by atoms with Crippen LogP contribution >= 0.6 is 0 Å². The molecule has 28 heavy (non-hydrogen) atoms. The van der Waals surface area contributed by atoms with Crippen molar-refractivity contribution in [3.63, 3.8) is 0 Å². The Bertz CT molecular complexity index is 1020. The van der Waals surface area contributed by atoms with Gasteiger partial charge in [-0.05, 0) is 37.5 Å². The highest BCUT2D eigenvalue weighted by atomic mass is 16.5. The molecule has 1 aromatic carbocycles. The van der Waals surface area contributed by atoms with Gasteiger partial charge in [0.1, 0.15) is 6.54 Å². The van der Waals surface area contributed by atoms with Crippen LogP contribution in [0.1, 0.15) is 18.4 Å². The summed E-state index contributed by atoms with van der Waals surface area (Å²) in [6.45, 7) is 3.63. The molecule has 0 bridgehead atoms. The number of likely N-dealkylation sites (tertiary alicyclic amines) is 1. The van der Waals surface area contributed by atoms with E-state index in [1.807, 2.05) is 13.0 Å². The molecule has 1 aliphatic rings. The molecule has 0 aliphatic carbocycles. The maximum atomic E-state index is 12.8. The largest absolute Gasteiger partial charge is 0.463 e. The first kappa shape index (κ1) is 18.2. The van der Waals surface area contributed by atoms with Crippen molar-refractivity contribution in [3.05, 3.63) is 52.8 Å². The van der Waals surface area contributed by atoms with Crippen molar-refractivity contribution in [3.8, 4) is 6.01 Å². The average molecular weight is 382 g/mol. The minimum atomic E-state index is -0.511. The molecular formula is C20H22N4O4. The van der Waals surface area contributed by atoms with Gasteiger partial charge in [0, 0.05) is 31.4 Å². The number of carbonyl (C=O) groups is 1. The lowest BCUT2D eigenvalue weighted by Crippen LogP contribution is -2.43. The highest BCUT2D eigenvalue weighted by molar-refractivity contribution is 5.79. The normalized spacial score (nSPS) is 17.0. The number of carbonyl (C=O) groups excluding carboxylic acids is 1. The number of amides is 1. The maximum absolute atomic E-state index is 12.8. The van der Waals surface area contributed by atoms with Crippen molar-refractivity contribution in [2.45, 2.75) is 26.3 Å². The van der Waals surface area contributed by atoms with Crippen LogP contribution in [-0.2, 0) is 11.3 Å². The second kappa shape index (κ2) is 7.84. The molecule has 0 N–H and O–H groups in total. The monoisotopic (exact) mass is 382 g/mol. The molecule has 8 heteroatoms. The Hall–Kier alpha value is -3.16. The molecule has 1 aliphatic heterocycles. The van der Waals surface area contributed by atoms with Gasteiger partial charge >= 0.3 is 11.8 Å². The Morgan fingerprint density at radius 2 is 2.07 bits per heavy atom. The summed E-state index contributed by atoms with van der Waals surface area (Å²) in [5, 5.41) is 0. The van der Waals surface area contributed by atoms with Gasteiger partial charge in [-0.15, -0.1) is 0 Å². The van der Waals surface area contributed by atoms with Crippen LogP contribution in [0.3, 0.4) is 0 Å². The molecule has 4 rings (SSSR count). The molecule has 1 fully saturated rings. The first-order chi connectivity index (χ1) is 13.6. The van der Waals surface area contributed by atoms with Crippen molar-refractivity contribution in [2.24, 2.45) is 5.92 Å². The van der Waals surface area contributed by atoms with Crippen molar-refractivity contribution >= 4 is 17.0 Å². The smallest absolute Gasteiger partial charge is 0.420 e. The van der Waals surface area contributed by atoms with Crippen LogP contribution in [0.5, 0.6) is 6.01 Å². The number of piperidine rings is 1. The summed E-state index contributed by atoms with van der Waals surface area (Å²) in [5.74, 6) is -0.395. The summed E-state index contributed by atoms with van der Waals surface area (Å²) in [7, 11) is 0. The van der Waals surface area contributed by atoms with E-state index >= 15 is 0 Å². The molecule has 1 unspecified atom stereocenters. The lowest BCUT2D eigenvalue weighted by molar-refractivity contribution is -0.133. The fourth-order valence-electron chi connectivity index (χ4n) is 3.47. The molecule has 0 saturated carbocycles.